The van der Waals surface area contributed by atoms with E-state index in [1.165, 1.54) is 11.1 Å². The molecule has 0 radical (unpaired) electrons. The molecule has 1 N–H and O–H groups in total. The number of rotatable bonds is 3. The van der Waals surface area contributed by atoms with Gasteiger partial charge in [-0.05, 0) is 76.5 Å². The quantitative estimate of drug-likeness (QED) is 0.634. The Labute approximate surface area is 160 Å². The lowest BCUT2D eigenvalue weighted by Crippen LogP contribution is -2.56. The molecule has 1 fully saturated rings. The average molecular weight is 374 g/mol. The van der Waals surface area contributed by atoms with Crippen LogP contribution in [0.4, 0.5) is 0 Å². The average Bonchev–Trinajstić information content (AvgIpc) is 2.53. The first kappa shape index (κ1) is 21.2. The maximum absolute atomic E-state index is 11.7. The van der Waals surface area contributed by atoms with E-state index in [2.05, 4.69) is 89.3 Å². The molecule has 1 heterocycles. The van der Waals surface area contributed by atoms with E-state index in [-0.39, 0.29) is 12.0 Å². The minimum absolute atomic E-state index is 0.0969. The monoisotopic (exact) mass is 373 g/mol. The van der Waals surface area contributed by atoms with Crippen molar-refractivity contribution in [3.63, 3.8) is 0 Å². The summed E-state index contributed by atoms with van der Waals surface area (Å²) in [4.78, 5) is 2.28. The molecule has 1 aliphatic rings. The number of hydrogen-bond donors (Lipinski definition) is 1. The molecule has 4 heteroatoms. The predicted molar refractivity (Wildman–Crippen MR) is 112 cm³/mol. The van der Waals surface area contributed by atoms with Crippen LogP contribution in [-0.2, 0) is 4.43 Å². The molecule has 144 valence electrons. The summed E-state index contributed by atoms with van der Waals surface area (Å²) in [6, 6.07) is 6.74. The van der Waals surface area contributed by atoms with Crippen molar-refractivity contribution in [2.24, 2.45) is 5.92 Å². The molecule has 0 amide bonds. The van der Waals surface area contributed by atoms with Crippen LogP contribution in [0.25, 0.3) is 0 Å². The molecule has 4 atom stereocenters. The van der Waals surface area contributed by atoms with E-state index in [1.807, 2.05) is 0 Å². The molecule has 3 nitrogen and oxygen atoms in total. The lowest BCUT2D eigenvalue weighted by molar-refractivity contribution is -0.0881. The molecular weight excluding hydrogens is 338 g/mol. The largest absolute Gasteiger partial charge is 0.407 e. The predicted octanol–water partition coefficient (Wildman–Crippen LogP) is 4.29. The Morgan fingerprint density at radius 3 is 2.46 bits per heavy atom. The van der Waals surface area contributed by atoms with Crippen molar-refractivity contribution in [3.8, 4) is 11.8 Å². The highest BCUT2D eigenvalue weighted by Crippen LogP contribution is 2.44. The van der Waals surface area contributed by atoms with Crippen molar-refractivity contribution in [1.82, 2.24) is 4.90 Å². The maximum Gasteiger partial charge on any atom is 0.185 e. The second kappa shape index (κ2) is 7.86. The molecule has 1 aliphatic heterocycles. The maximum atomic E-state index is 11.7. The van der Waals surface area contributed by atoms with Crippen molar-refractivity contribution < 1.29 is 9.53 Å². The summed E-state index contributed by atoms with van der Waals surface area (Å²) in [6.45, 7) is 15.4. The molecule has 0 aromatic heterocycles. The Balaban J connectivity index is 2.41. The van der Waals surface area contributed by atoms with Crippen LogP contribution in [0.1, 0.15) is 43.0 Å². The fraction of sp³-hybridized carbons (Fsp3) is 0.636. The van der Waals surface area contributed by atoms with E-state index in [0.29, 0.717) is 12.6 Å². The van der Waals surface area contributed by atoms with Crippen molar-refractivity contribution in [2.45, 2.75) is 71.4 Å². The topological polar surface area (TPSA) is 32.7 Å². The first-order chi connectivity index (χ1) is 12.0. The highest BCUT2D eigenvalue weighted by molar-refractivity contribution is 6.69. The zero-order valence-corrected chi connectivity index (χ0v) is 18.7. The summed E-state index contributed by atoms with van der Waals surface area (Å²) < 4.78 is 5.86. The molecule has 1 aromatic rings. The summed E-state index contributed by atoms with van der Waals surface area (Å²) in [5.41, 5.74) is 2.58. The third kappa shape index (κ3) is 4.58. The Morgan fingerprint density at radius 2 is 1.88 bits per heavy atom. The summed E-state index contributed by atoms with van der Waals surface area (Å²) in [7, 11) is 0.500. The summed E-state index contributed by atoms with van der Waals surface area (Å²) >= 11 is 0. The Hall–Kier alpha value is -1.12. The molecular formula is C22H35NO2Si. The number of aliphatic hydroxyl groups is 1. The van der Waals surface area contributed by atoms with Gasteiger partial charge in [-0.15, -0.1) is 0 Å². The van der Waals surface area contributed by atoms with Crippen LogP contribution in [0.15, 0.2) is 18.2 Å². The number of nitrogens with zero attached hydrogens (tertiary/aromatic N) is 1. The van der Waals surface area contributed by atoms with Crippen LogP contribution in [0, 0.1) is 31.6 Å². The van der Waals surface area contributed by atoms with Gasteiger partial charge in [-0.1, -0.05) is 37.0 Å². The molecule has 0 aliphatic carbocycles. The van der Waals surface area contributed by atoms with Crippen LogP contribution in [-0.4, -0.2) is 43.6 Å². The van der Waals surface area contributed by atoms with Crippen LogP contribution in [0.3, 0.4) is 0 Å². The van der Waals surface area contributed by atoms with Gasteiger partial charge in [0.2, 0.25) is 0 Å². The number of aryl methyl sites for hydroxylation is 2. The van der Waals surface area contributed by atoms with Gasteiger partial charge in [0.15, 0.2) is 8.32 Å². The lowest BCUT2D eigenvalue weighted by Gasteiger charge is -2.50. The third-order valence-electron chi connectivity index (χ3n) is 5.68. The van der Waals surface area contributed by atoms with Gasteiger partial charge < -0.3 is 9.53 Å². The smallest absolute Gasteiger partial charge is 0.185 e. The fourth-order valence-corrected chi connectivity index (χ4v) is 4.24. The SMILES string of the molecule is Cc1ccc(C2N(C)C(C)CC(C)C2(O)C#CCO[Si](C)(C)C)cc1C. The minimum Gasteiger partial charge on any atom is -0.407 e. The van der Waals surface area contributed by atoms with E-state index < -0.39 is 13.9 Å². The van der Waals surface area contributed by atoms with Gasteiger partial charge in [0.1, 0.15) is 5.60 Å². The second-order valence-corrected chi connectivity index (χ2v) is 13.4. The van der Waals surface area contributed by atoms with Gasteiger partial charge in [-0.2, -0.15) is 0 Å². The van der Waals surface area contributed by atoms with Crippen molar-refractivity contribution >= 4 is 8.32 Å². The van der Waals surface area contributed by atoms with Crippen LogP contribution in [0.2, 0.25) is 19.6 Å². The van der Waals surface area contributed by atoms with Crippen molar-refractivity contribution in [2.75, 3.05) is 13.7 Å². The molecule has 26 heavy (non-hydrogen) atoms. The van der Waals surface area contributed by atoms with Gasteiger partial charge >= 0.3 is 0 Å². The first-order valence-electron chi connectivity index (χ1n) is 9.61. The molecule has 1 saturated heterocycles. The lowest BCUT2D eigenvalue weighted by atomic mass is 9.72. The van der Waals surface area contributed by atoms with Crippen LogP contribution < -0.4 is 0 Å². The second-order valence-electron chi connectivity index (χ2n) is 8.93. The van der Waals surface area contributed by atoms with Gasteiger partial charge in [0.05, 0.1) is 12.6 Å². The Bertz CT molecular complexity index is 700. The van der Waals surface area contributed by atoms with Crippen molar-refractivity contribution in [3.05, 3.63) is 34.9 Å². The van der Waals surface area contributed by atoms with E-state index in [4.69, 9.17) is 4.43 Å². The number of likely N-dealkylation sites (tertiary alicyclic amines) is 1. The Morgan fingerprint density at radius 1 is 1.23 bits per heavy atom. The molecule has 2 rings (SSSR count). The van der Waals surface area contributed by atoms with Gasteiger partial charge in [-0.3, -0.25) is 4.90 Å². The minimum atomic E-state index is -1.60. The zero-order valence-electron chi connectivity index (χ0n) is 17.7. The van der Waals surface area contributed by atoms with Gasteiger partial charge in [-0.25, -0.2) is 0 Å². The van der Waals surface area contributed by atoms with E-state index in [0.717, 1.165) is 12.0 Å². The van der Waals surface area contributed by atoms with E-state index >= 15 is 0 Å². The summed E-state index contributed by atoms with van der Waals surface area (Å²) in [5, 5.41) is 11.7. The fourth-order valence-electron chi connectivity index (χ4n) is 3.74. The normalized spacial score (nSPS) is 30.0. The Kier molecular flexibility index (Phi) is 6.40. The standard InChI is InChI=1S/C22H35NO2Si/c1-16-10-11-20(14-17(16)2)21-22(24,12-9-13-25-26(6,7)8)18(3)15-19(4)23(21)5/h10-11,14,18-19,21,24H,13,15H2,1-8H3. The van der Waals surface area contributed by atoms with Crippen LogP contribution in [0.5, 0.6) is 0 Å². The molecule has 4 unspecified atom stereocenters. The van der Waals surface area contributed by atoms with E-state index in [1.54, 1.807) is 0 Å². The van der Waals surface area contributed by atoms with Crippen LogP contribution >= 0.6 is 0 Å². The highest BCUT2D eigenvalue weighted by atomic mass is 28.4. The van der Waals surface area contributed by atoms with E-state index in [9.17, 15) is 5.11 Å². The number of benzene rings is 1. The third-order valence-corrected chi connectivity index (χ3v) is 6.69. The van der Waals surface area contributed by atoms with Crippen molar-refractivity contribution in [1.29, 1.82) is 0 Å². The molecule has 1 aromatic carbocycles. The number of hydrogen-bond acceptors (Lipinski definition) is 3. The molecule has 0 bridgehead atoms. The summed E-state index contributed by atoms with van der Waals surface area (Å²) in [5.74, 6) is 6.44. The summed E-state index contributed by atoms with van der Waals surface area (Å²) in [6.07, 6.45) is 0.928. The zero-order chi connectivity index (χ0) is 19.7. The van der Waals surface area contributed by atoms with Gasteiger partial charge in [0, 0.05) is 6.04 Å². The first-order valence-corrected chi connectivity index (χ1v) is 13.0. The number of likely N-dealkylation sites (N-methyl/N-ethyl adjacent to an activating group) is 1. The van der Waals surface area contributed by atoms with Gasteiger partial charge in [0.25, 0.3) is 0 Å². The molecule has 0 spiro atoms. The molecule has 0 saturated carbocycles. The highest BCUT2D eigenvalue weighted by Gasteiger charge is 2.49. The number of piperidine rings is 1.